The second-order valence-corrected chi connectivity index (χ2v) is 5.84. The lowest BCUT2D eigenvalue weighted by Gasteiger charge is -2.31. The number of rotatable bonds is 8. The standard InChI is InChI=1S/C15H31NO/c1-4-14-8-5-6-9-15(14)16-10-7-11-17-12-13(2)3/h13-16H,4-12H2,1-3H3. The van der Waals surface area contributed by atoms with Crippen LogP contribution in [-0.2, 0) is 4.74 Å². The lowest BCUT2D eigenvalue weighted by atomic mass is 9.83. The van der Waals surface area contributed by atoms with Crippen molar-refractivity contribution >= 4 is 0 Å². The van der Waals surface area contributed by atoms with E-state index in [-0.39, 0.29) is 0 Å². The molecule has 0 aliphatic heterocycles. The molecule has 2 heteroatoms. The number of nitrogens with one attached hydrogen (secondary N) is 1. The molecule has 102 valence electrons. The summed E-state index contributed by atoms with van der Waals surface area (Å²) < 4.78 is 5.60. The van der Waals surface area contributed by atoms with E-state index in [1.807, 2.05) is 0 Å². The van der Waals surface area contributed by atoms with E-state index >= 15 is 0 Å². The predicted octanol–water partition coefficient (Wildman–Crippen LogP) is 3.61. The number of ether oxygens (including phenoxy) is 1. The number of hydrogen-bond acceptors (Lipinski definition) is 2. The molecule has 17 heavy (non-hydrogen) atoms. The van der Waals surface area contributed by atoms with Gasteiger partial charge in [0.05, 0.1) is 0 Å². The highest BCUT2D eigenvalue weighted by Crippen LogP contribution is 2.26. The quantitative estimate of drug-likeness (QED) is 0.656. The third-order valence-electron chi connectivity index (χ3n) is 3.76. The maximum Gasteiger partial charge on any atom is 0.0489 e. The van der Waals surface area contributed by atoms with Crippen LogP contribution >= 0.6 is 0 Å². The molecule has 0 radical (unpaired) electrons. The Morgan fingerprint density at radius 1 is 1.24 bits per heavy atom. The molecule has 0 aromatic rings. The molecule has 0 aromatic carbocycles. The Kier molecular flexibility index (Phi) is 7.87. The average molecular weight is 241 g/mol. The van der Waals surface area contributed by atoms with Gasteiger partial charge in [-0.3, -0.25) is 0 Å². The molecule has 2 atom stereocenters. The summed E-state index contributed by atoms with van der Waals surface area (Å²) in [6.07, 6.45) is 8.15. The van der Waals surface area contributed by atoms with Crippen molar-refractivity contribution in [3.8, 4) is 0 Å². The molecule has 1 rings (SSSR count). The molecule has 2 unspecified atom stereocenters. The smallest absolute Gasteiger partial charge is 0.0489 e. The predicted molar refractivity (Wildman–Crippen MR) is 74.3 cm³/mol. The van der Waals surface area contributed by atoms with E-state index < -0.39 is 0 Å². The molecule has 0 spiro atoms. The second kappa shape index (κ2) is 8.93. The fraction of sp³-hybridized carbons (Fsp3) is 1.00. The van der Waals surface area contributed by atoms with Crippen LogP contribution in [0.25, 0.3) is 0 Å². The van der Waals surface area contributed by atoms with Crippen LogP contribution in [0.5, 0.6) is 0 Å². The van der Waals surface area contributed by atoms with Gasteiger partial charge in [0.15, 0.2) is 0 Å². The van der Waals surface area contributed by atoms with E-state index in [1.54, 1.807) is 0 Å². The van der Waals surface area contributed by atoms with Crippen molar-refractivity contribution in [2.24, 2.45) is 11.8 Å². The molecule has 0 amide bonds. The van der Waals surface area contributed by atoms with Gasteiger partial charge in [-0.15, -0.1) is 0 Å². The Morgan fingerprint density at radius 2 is 2.00 bits per heavy atom. The van der Waals surface area contributed by atoms with Gasteiger partial charge in [-0.2, -0.15) is 0 Å². The van der Waals surface area contributed by atoms with E-state index in [4.69, 9.17) is 4.74 Å². The van der Waals surface area contributed by atoms with E-state index in [2.05, 4.69) is 26.1 Å². The van der Waals surface area contributed by atoms with Gasteiger partial charge in [-0.1, -0.05) is 40.0 Å². The molecular formula is C15H31NO. The Morgan fingerprint density at radius 3 is 2.71 bits per heavy atom. The maximum absolute atomic E-state index is 5.60. The zero-order valence-corrected chi connectivity index (χ0v) is 12.0. The van der Waals surface area contributed by atoms with E-state index in [0.717, 1.165) is 38.1 Å². The van der Waals surface area contributed by atoms with Gasteiger partial charge in [-0.05, 0) is 37.6 Å². The van der Waals surface area contributed by atoms with Crippen molar-refractivity contribution in [2.45, 2.75) is 65.3 Å². The van der Waals surface area contributed by atoms with Crippen molar-refractivity contribution in [1.29, 1.82) is 0 Å². The number of hydrogen-bond donors (Lipinski definition) is 1. The van der Waals surface area contributed by atoms with E-state index in [9.17, 15) is 0 Å². The first-order valence-corrected chi connectivity index (χ1v) is 7.55. The van der Waals surface area contributed by atoms with Crippen LogP contribution in [0, 0.1) is 11.8 Å². The SMILES string of the molecule is CCC1CCCCC1NCCCOCC(C)C. The van der Waals surface area contributed by atoms with Crippen LogP contribution in [0.2, 0.25) is 0 Å². The summed E-state index contributed by atoms with van der Waals surface area (Å²) in [6, 6.07) is 0.777. The highest BCUT2D eigenvalue weighted by Gasteiger charge is 2.22. The molecule has 1 aliphatic carbocycles. The summed E-state index contributed by atoms with van der Waals surface area (Å²) in [5, 5.41) is 3.73. The van der Waals surface area contributed by atoms with Crippen molar-refractivity contribution in [1.82, 2.24) is 5.32 Å². The average Bonchev–Trinajstić information content (AvgIpc) is 2.33. The van der Waals surface area contributed by atoms with E-state index in [1.165, 1.54) is 32.1 Å². The van der Waals surface area contributed by atoms with Crippen LogP contribution in [0.3, 0.4) is 0 Å². The lowest BCUT2D eigenvalue weighted by molar-refractivity contribution is 0.106. The van der Waals surface area contributed by atoms with Crippen molar-refractivity contribution in [2.75, 3.05) is 19.8 Å². The minimum absolute atomic E-state index is 0.658. The van der Waals surface area contributed by atoms with Crippen LogP contribution < -0.4 is 5.32 Å². The van der Waals surface area contributed by atoms with Gasteiger partial charge in [-0.25, -0.2) is 0 Å². The highest BCUT2D eigenvalue weighted by atomic mass is 16.5. The highest BCUT2D eigenvalue weighted by molar-refractivity contribution is 4.79. The van der Waals surface area contributed by atoms with Gasteiger partial charge >= 0.3 is 0 Å². The van der Waals surface area contributed by atoms with Crippen LogP contribution in [0.15, 0.2) is 0 Å². The topological polar surface area (TPSA) is 21.3 Å². The van der Waals surface area contributed by atoms with Crippen LogP contribution in [0.1, 0.15) is 59.3 Å². The van der Waals surface area contributed by atoms with Crippen molar-refractivity contribution < 1.29 is 4.74 Å². The zero-order chi connectivity index (χ0) is 12.5. The lowest BCUT2D eigenvalue weighted by Crippen LogP contribution is -2.39. The van der Waals surface area contributed by atoms with Gasteiger partial charge < -0.3 is 10.1 Å². The monoisotopic (exact) mass is 241 g/mol. The molecule has 1 fully saturated rings. The van der Waals surface area contributed by atoms with Gasteiger partial charge in [0.25, 0.3) is 0 Å². The molecule has 0 bridgehead atoms. The third kappa shape index (κ3) is 6.42. The Bertz CT molecular complexity index is 182. The van der Waals surface area contributed by atoms with Gasteiger partial charge in [0.2, 0.25) is 0 Å². The third-order valence-corrected chi connectivity index (χ3v) is 3.76. The largest absolute Gasteiger partial charge is 0.381 e. The van der Waals surface area contributed by atoms with Crippen LogP contribution in [0.4, 0.5) is 0 Å². The fourth-order valence-electron chi connectivity index (χ4n) is 2.75. The molecule has 2 nitrogen and oxygen atoms in total. The normalized spacial score (nSPS) is 25.4. The summed E-state index contributed by atoms with van der Waals surface area (Å²) in [5.74, 6) is 1.58. The summed E-state index contributed by atoms with van der Waals surface area (Å²) in [6.45, 7) is 9.67. The Hall–Kier alpha value is -0.0800. The van der Waals surface area contributed by atoms with Crippen LogP contribution in [-0.4, -0.2) is 25.8 Å². The molecule has 0 heterocycles. The molecular weight excluding hydrogens is 210 g/mol. The first-order chi connectivity index (χ1) is 8.24. The molecule has 1 aliphatic rings. The summed E-state index contributed by atoms with van der Waals surface area (Å²) >= 11 is 0. The summed E-state index contributed by atoms with van der Waals surface area (Å²) in [5.41, 5.74) is 0. The molecule has 1 saturated carbocycles. The first kappa shape index (κ1) is 15.0. The minimum Gasteiger partial charge on any atom is -0.381 e. The Balaban J connectivity index is 2.01. The van der Waals surface area contributed by atoms with Gasteiger partial charge in [0.1, 0.15) is 0 Å². The van der Waals surface area contributed by atoms with Crippen molar-refractivity contribution in [3.63, 3.8) is 0 Å². The maximum atomic E-state index is 5.60. The van der Waals surface area contributed by atoms with Crippen molar-refractivity contribution in [3.05, 3.63) is 0 Å². The summed E-state index contributed by atoms with van der Waals surface area (Å²) in [4.78, 5) is 0. The molecule has 0 aromatic heterocycles. The van der Waals surface area contributed by atoms with Gasteiger partial charge in [0, 0.05) is 19.3 Å². The molecule has 1 N–H and O–H groups in total. The minimum atomic E-state index is 0.658. The summed E-state index contributed by atoms with van der Waals surface area (Å²) in [7, 11) is 0. The zero-order valence-electron chi connectivity index (χ0n) is 12.0. The second-order valence-electron chi connectivity index (χ2n) is 5.84. The molecule has 0 saturated heterocycles. The Labute approximate surface area is 108 Å². The first-order valence-electron chi connectivity index (χ1n) is 7.55. The fourth-order valence-corrected chi connectivity index (χ4v) is 2.75. The van der Waals surface area contributed by atoms with E-state index in [0.29, 0.717) is 5.92 Å².